The molecule has 0 saturated carbocycles. The quantitative estimate of drug-likeness (QED) is 0.542. The smallest absolute Gasteiger partial charge is 0.255 e. The van der Waals surface area contributed by atoms with E-state index in [-0.39, 0.29) is 17.2 Å². The Bertz CT molecular complexity index is 1120. The van der Waals surface area contributed by atoms with Gasteiger partial charge in [0.05, 0.1) is 0 Å². The van der Waals surface area contributed by atoms with Crippen LogP contribution in [0.15, 0.2) is 72.8 Å². The lowest BCUT2D eigenvalue weighted by molar-refractivity contribution is -0.119. The lowest BCUT2D eigenvalue weighted by atomic mass is 10.1. The van der Waals surface area contributed by atoms with E-state index in [2.05, 4.69) is 5.32 Å². The highest BCUT2D eigenvalue weighted by molar-refractivity contribution is 7.99. The lowest BCUT2D eigenvalue weighted by Gasteiger charge is -2.29. The first-order valence-electron chi connectivity index (χ1n) is 10.1. The summed E-state index contributed by atoms with van der Waals surface area (Å²) in [5, 5.41) is 3.31. The normalized spacial score (nSPS) is 18.1. The molecular weight excluding hydrogens is 428 g/mol. The van der Waals surface area contributed by atoms with Gasteiger partial charge in [0.1, 0.15) is 11.4 Å². The third-order valence-corrected chi connectivity index (χ3v) is 7.02. The number of carbonyl (C=O) groups excluding carboxylic acids is 2. The predicted octanol–water partition coefficient (Wildman–Crippen LogP) is 5.85. The summed E-state index contributed by atoms with van der Waals surface area (Å²) in [4.78, 5) is 28.4. The van der Waals surface area contributed by atoms with Crippen LogP contribution >= 0.6 is 23.4 Å². The monoisotopic (exact) mass is 450 g/mol. The molecule has 0 spiro atoms. The first kappa shape index (κ1) is 21.5. The minimum absolute atomic E-state index is 0.171. The fourth-order valence-electron chi connectivity index (χ4n) is 3.65. The van der Waals surface area contributed by atoms with Gasteiger partial charge in [0.15, 0.2) is 0 Å². The summed E-state index contributed by atoms with van der Waals surface area (Å²) in [5.41, 5.74) is 4.46. The largest absolute Gasteiger partial charge is 0.324 e. The van der Waals surface area contributed by atoms with Crippen LogP contribution in [-0.4, -0.2) is 28.5 Å². The second kappa shape index (κ2) is 9.16. The first-order chi connectivity index (χ1) is 14.9. The molecule has 1 aliphatic heterocycles. The molecule has 2 atom stereocenters. The van der Waals surface area contributed by atoms with Gasteiger partial charge in [-0.3, -0.25) is 9.59 Å². The van der Waals surface area contributed by atoms with Crippen LogP contribution in [0.1, 0.15) is 32.4 Å². The first-order valence-corrected chi connectivity index (χ1v) is 11.5. The van der Waals surface area contributed by atoms with Crippen LogP contribution in [-0.2, 0) is 4.79 Å². The Morgan fingerprint density at radius 1 is 0.968 bits per heavy atom. The van der Waals surface area contributed by atoms with E-state index in [0.717, 1.165) is 22.4 Å². The van der Waals surface area contributed by atoms with E-state index >= 15 is 0 Å². The Morgan fingerprint density at radius 3 is 2.45 bits per heavy atom. The van der Waals surface area contributed by atoms with Crippen LogP contribution in [0.3, 0.4) is 0 Å². The van der Waals surface area contributed by atoms with E-state index in [1.165, 1.54) is 0 Å². The molecule has 3 aromatic carbocycles. The Morgan fingerprint density at radius 2 is 1.74 bits per heavy atom. The summed E-state index contributed by atoms with van der Waals surface area (Å²) in [6.07, 6.45) is 0. The van der Waals surface area contributed by atoms with Crippen LogP contribution in [0.5, 0.6) is 0 Å². The summed E-state index contributed by atoms with van der Waals surface area (Å²) >= 11 is 7.78. The third-order valence-electron chi connectivity index (χ3n) is 5.47. The number of nitrogens with zero attached hydrogens (tertiary/aromatic N) is 1. The van der Waals surface area contributed by atoms with Crippen molar-refractivity contribution in [2.24, 2.45) is 0 Å². The molecule has 1 fully saturated rings. The van der Waals surface area contributed by atoms with Gasteiger partial charge >= 0.3 is 0 Å². The van der Waals surface area contributed by atoms with Crippen molar-refractivity contribution >= 4 is 40.9 Å². The van der Waals surface area contributed by atoms with E-state index in [0.29, 0.717) is 16.3 Å². The van der Waals surface area contributed by atoms with Crippen molar-refractivity contribution in [1.82, 2.24) is 4.90 Å². The van der Waals surface area contributed by atoms with E-state index < -0.39 is 6.04 Å². The highest BCUT2D eigenvalue weighted by atomic mass is 35.5. The summed E-state index contributed by atoms with van der Waals surface area (Å²) in [6.45, 7) is 4.04. The second-order valence-electron chi connectivity index (χ2n) is 7.62. The molecule has 0 bridgehead atoms. The van der Waals surface area contributed by atoms with Crippen molar-refractivity contribution in [3.63, 3.8) is 0 Å². The number of carbonyl (C=O) groups is 2. The van der Waals surface area contributed by atoms with E-state index in [1.54, 1.807) is 34.9 Å². The summed E-state index contributed by atoms with van der Waals surface area (Å²) in [6, 6.07) is 21.8. The minimum atomic E-state index is -0.594. The van der Waals surface area contributed by atoms with Crippen molar-refractivity contribution in [3.05, 3.63) is 100 Å². The SMILES string of the molecule is Cc1ccc(NC(=O)C2CSC(c3cccc(Cl)c3)N2C(=O)c2ccccc2)cc1C. The predicted molar refractivity (Wildman–Crippen MR) is 128 cm³/mol. The molecule has 2 amide bonds. The highest BCUT2D eigenvalue weighted by Crippen LogP contribution is 2.43. The van der Waals surface area contributed by atoms with Crippen molar-refractivity contribution in [2.75, 3.05) is 11.1 Å². The number of anilines is 1. The standard InChI is InChI=1S/C25H23ClN2O2S/c1-16-11-12-21(13-17(16)2)27-23(29)22-15-31-25(19-9-6-10-20(26)14-19)28(22)24(30)18-7-4-3-5-8-18/h3-14,22,25H,15H2,1-2H3,(H,27,29). The number of aryl methyl sites for hydroxylation is 2. The molecule has 1 heterocycles. The Labute approximate surface area is 191 Å². The fraction of sp³-hybridized carbons (Fsp3) is 0.200. The topological polar surface area (TPSA) is 49.4 Å². The molecule has 1 saturated heterocycles. The Hall–Kier alpha value is -2.76. The Kier molecular flexibility index (Phi) is 6.35. The van der Waals surface area contributed by atoms with Gasteiger partial charge in [-0.25, -0.2) is 0 Å². The molecule has 0 aliphatic carbocycles. The number of nitrogens with one attached hydrogen (secondary N) is 1. The molecule has 4 rings (SSSR count). The van der Waals surface area contributed by atoms with Crippen molar-refractivity contribution < 1.29 is 9.59 Å². The van der Waals surface area contributed by atoms with E-state index in [9.17, 15) is 9.59 Å². The third kappa shape index (κ3) is 4.63. The molecule has 4 nitrogen and oxygen atoms in total. The van der Waals surface area contributed by atoms with Crippen molar-refractivity contribution in [2.45, 2.75) is 25.3 Å². The van der Waals surface area contributed by atoms with Crippen molar-refractivity contribution in [1.29, 1.82) is 0 Å². The molecule has 3 aromatic rings. The minimum Gasteiger partial charge on any atom is -0.324 e. The number of thioether (sulfide) groups is 1. The number of amides is 2. The van der Waals surface area contributed by atoms with Gasteiger partial charge in [0.25, 0.3) is 5.91 Å². The summed E-state index contributed by atoms with van der Waals surface area (Å²) in [5.74, 6) is 0.146. The Balaban J connectivity index is 1.66. The number of benzene rings is 3. The van der Waals surface area contributed by atoms with Gasteiger partial charge < -0.3 is 10.2 Å². The average molecular weight is 451 g/mol. The van der Waals surface area contributed by atoms with Crippen LogP contribution in [0.25, 0.3) is 0 Å². The van der Waals surface area contributed by atoms with Gasteiger partial charge in [0.2, 0.25) is 5.91 Å². The maximum Gasteiger partial charge on any atom is 0.255 e. The fourth-order valence-corrected chi connectivity index (χ4v) is 5.27. The molecule has 0 radical (unpaired) electrons. The van der Waals surface area contributed by atoms with Gasteiger partial charge in [-0.2, -0.15) is 0 Å². The van der Waals surface area contributed by atoms with Gasteiger partial charge in [-0.15, -0.1) is 11.8 Å². The number of hydrogen-bond donors (Lipinski definition) is 1. The van der Waals surface area contributed by atoms with Crippen LogP contribution < -0.4 is 5.32 Å². The maximum atomic E-state index is 13.5. The second-order valence-corrected chi connectivity index (χ2v) is 9.17. The van der Waals surface area contributed by atoms with Crippen LogP contribution in [0.4, 0.5) is 5.69 Å². The van der Waals surface area contributed by atoms with E-state index in [4.69, 9.17) is 11.6 Å². The molecular formula is C25H23ClN2O2S. The summed E-state index contributed by atoms with van der Waals surface area (Å²) in [7, 11) is 0. The highest BCUT2D eigenvalue weighted by Gasteiger charge is 2.42. The van der Waals surface area contributed by atoms with Gasteiger partial charge in [0, 0.05) is 22.0 Å². The number of halogens is 1. The zero-order valence-electron chi connectivity index (χ0n) is 17.3. The van der Waals surface area contributed by atoms with Crippen molar-refractivity contribution in [3.8, 4) is 0 Å². The zero-order valence-corrected chi connectivity index (χ0v) is 18.9. The molecule has 1 N–H and O–H groups in total. The van der Waals surface area contributed by atoms with Gasteiger partial charge in [-0.1, -0.05) is 48.0 Å². The molecule has 1 aliphatic rings. The molecule has 2 unspecified atom stereocenters. The van der Waals surface area contributed by atoms with Crippen LogP contribution in [0.2, 0.25) is 5.02 Å². The number of rotatable bonds is 4. The number of hydrogen-bond acceptors (Lipinski definition) is 3. The molecule has 0 aromatic heterocycles. The van der Waals surface area contributed by atoms with E-state index in [1.807, 2.05) is 68.4 Å². The average Bonchev–Trinajstić information content (AvgIpc) is 3.22. The maximum absolute atomic E-state index is 13.5. The lowest BCUT2D eigenvalue weighted by Crippen LogP contribution is -2.45. The van der Waals surface area contributed by atoms with Gasteiger partial charge in [-0.05, 0) is 66.9 Å². The summed E-state index contributed by atoms with van der Waals surface area (Å²) < 4.78 is 0. The molecule has 31 heavy (non-hydrogen) atoms. The zero-order chi connectivity index (χ0) is 22.0. The van der Waals surface area contributed by atoms with Crippen LogP contribution in [0, 0.1) is 13.8 Å². The molecule has 6 heteroatoms. The molecule has 158 valence electrons.